The molecule has 0 spiro atoms. The monoisotopic (exact) mass is 289 g/mol. The van der Waals surface area contributed by atoms with Gasteiger partial charge in [0.25, 0.3) is 0 Å². The summed E-state index contributed by atoms with van der Waals surface area (Å²) in [5, 5.41) is 13.2. The molecule has 0 aliphatic heterocycles. The highest BCUT2D eigenvalue weighted by Crippen LogP contribution is 2.08. The van der Waals surface area contributed by atoms with Crippen molar-refractivity contribution in [3.63, 3.8) is 0 Å². The number of carboxylic acid groups (broad SMARTS) is 1. The summed E-state index contributed by atoms with van der Waals surface area (Å²) in [6, 6.07) is -1.84. The van der Waals surface area contributed by atoms with Crippen LogP contribution in [0.1, 0.15) is 27.7 Å². The van der Waals surface area contributed by atoms with Gasteiger partial charge in [-0.3, -0.25) is 4.79 Å². The summed E-state index contributed by atoms with van der Waals surface area (Å²) >= 11 is 0. The molecular weight excluding hydrogens is 266 g/mol. The van der Waals surface area contributed by atoms with E-state index in [-0.39, 0.29) is 0 Å². The van der Waals surface area contributed by atoms with E-state index in [0.29, 0.717) is 0 Å². The Labute approximate surface area is 118 Å². The van der Waals surface area contributed by atoms with E-state index in [1.54, 1.807) is 20.8 Å². The second-order valence-electron chi connectivity index (χ2n) is 5.59. The molecule has 116 valence electrons. The van der Waals surface area contributed by atoms with Crippen LogP contribution in [0.25, 0.3) is 0 Å². The summed E-state index contributed by atoms with van der Waals surface area (Å²) in [4.78, 5) is 35.6. The van der Waals surface area contributed by atoms with Crippen LogP contribution < -0.4 is 10.6 Å². The van der Waals surface area contributed by atoms with Gasteiger partial charge >= 0.3 is 12.2 Å². The quantitative estimate of drug-likeness (QED) is 0.703. The molecule has 0 aromatic rings. The van der Waals surface area contributed by atoms with E-state index in [1.807, 2.05) is 0 Å². The van der Waals surface area contributed by atoms with Crippen molar-refractivity contribution in [2.45, 2.75) is 45.4 Å². The highest BCUT2D eigenvalue weighted by atomic mass is 16.6. The van der Waals surface area contributed by atoms with Gasteiger partial charge in [0.1, 0.15) is 11.6 Å². The summed E-state index contributed by atoms with van der Waals surface area (Å²) in [5.74, 6) is -0.433. The smallest absolute Gasteiger partial charge is 0.408 e. The molecule has 0 unspecified atom stereocenters. The Hall–Kier alpha value is -1.99. The Morgan fingerprint density at radius 1 is 1.15 bits per heavy atom. The maximum atomic E-state index is 12.0. The Kier molecular flexibility index (Phi) is 6.28. The average molecular weight is 289 g/mol. The summed E-state index contributed by atoms with van der Waals surface area (Å²) in [5.41, 5.74) is -0.709. The van der Waals surface area contributed by atoms with Crippen molar-refractivity contribution in [2.75, 3.05) is 14.1 Å². The summed E-state index contributed by atoms with van der Waals surface area (Å²) < 4.78 is 5.06. The molecule has 0 fully saturated rings. The molecule has 0 saturated carbocycles. The van der Waals surface area contributed by atoms with Crippen molar-refractivity contribution < 1.29 is 24.2 Å². The molecular formula is C12H23N3O5. The molecule has 0 bridgehead atoms. The zero-order valence-electron chi connectivity index (χ0n) is 12.7. The predicted molar refractivity (Wildman–Crippen MR) is 72.5 cm³/mol. The van der Waals surface area contributed by atoms with Crippen molar-refractivity contribution >= 4 is 18.1 Å². The van der Waals surface area contributed by atoms with Gasteiger partial charge < -0.3 is 25.4 Å². The number of nitrogens with zero attached hydrogens (tertiary/aromatic N) is 1. The number of nitrogens with one attached hydrogen (secondary N) is 2. The molecule has 0 aromatic carbocycles. The van der Waals surface area contributed by atoms with Gasteiger partial charge in [-0.15, -0.1) is 0 Å². The van der Waals surface area contributed by atoms with Crippen LogP contribution in [0.4, 0.5) is 9.59 Å². The van der Waals surface area contributed by atoms with Gasteiger partial charge in [0.15, 0.2) is 0 Å². The third kappa shape index (κ3) is 6.81. The number of likely N-dealkylation sites (N-methyl/N-ethyl adjacent to an activating group) is 1. The lowest BCUT2D eigenvalue weighted by molar-refractivity contribution is -0.131. The van der Waals surface area contributed by atoms with Gasteiger partial charge in [0, 0.05) is 14.1 Å². The molecule has 0 rings (SSSR count). The third-order valence-electron chi connectivity index (χ3n) is 2.23. The molecule has 0 aliphatic carbocycles. The Bertz CT molecular complexity index is 376. The number of alkyl carbamates (subject to hydrolysis) is 1. The standard InChI is InChI=1S/C12H23N3O5/c1-7(13-10(17)18)8(9(16)15(5)6)14-11(19)20-12(2,3)4/h7-8,13H,1-6H3,(H,14,19)(H,17,18)/t7-,8+/m1/s1. The van der Waals surface area contributed by atoms with Crippen LogP contribution in [0.3, 0.4) is 0 Å². The van der Waals surface area contributed by atoms with Crippen LogP contribution in [-0.4, -0.2) is 59.9 Å². The largest absolute Gasteiger partial charge is 0.465 e. The van der Waals surface area contributed by atoms with Crippen LogP contribution in [0.2, 0.25) is 0 Å². The van der Waals surface area contributed by atoms with Gasteiger partial charge in [-0.2, -0.15) is 0 Å². The lowest BCUT2D eigenvalue weighted by Crippen LogP contribution is -2.57. The molecule has 0 radical (unpaired) electrons. The Morgan fingerprint density at radius 2 is 1.65 bits per heavy atom. The summed E-state index contributed by atoms with van der Waals surface area (Å²) in [6.07, 6.45) is -2.06. The Morgan fingerprint density at radius 3 is 2.00 bits per heavy atom. The number of hydrogen-bond donors (Lipinski definition) is 3. The SMILES string of the molecule is C[C@@H](NC(=O)O)[C@H](NC(=O)OC(C)(C)C)C(=O)N(C)C. The van der Waals surface area contributed by atoms with Gasteiger partial charge in [-0.1, -0.05) is 0 Å². The second kappa shape index (κ2) is 6.97. The topological polar surface area (TPSA) is 108 Å². The van der Waals surface area contributed by atoms with E-state index in [1.165, 1.54) is 25.9 Å². The third-order valence-corrected chi connectivity index (χ3v) is 2.23. The number of rotatable bonds is 4. The second-order valence-corrected chi connectivity index (χ2v) is 5.59. The molecule has 0 aliphatic rings. The zero-order chi connectivity index (χ0) is 16.1. The van der Waals surface area contributed by atoms with Crippen LogP contribution in [0.5, 0.6) is 0 Å². The minimum Gasteiger partial charge on any atom is -0.465 e. The first-order valence-corrected chi connectivity index (χ1v) is 6.14. The van der Waals surface area contributed by atoms with Crippen LogP contribution >= 0.6 is 0 Å². The molecule has 3 amide bonds. The molecule has 0 heterocycles. The highest BCUT2D eigenvalue weighted by molar-refractivity contribution is 5.86. The fraction of sp³-hybridized carbons (Fsp3) is 0.750. The fourth-order valence-corrected chi connectivity index (χ4v) is 1.39. The molecule has 20 heavy (non-hydrogen) atoms. The fourth-order valence-electron chi connectivity index (χ4n) is 1.39. The highest BCUT2D eigenvalue weighted by Gasteiger charge is 2.31. The van der Waals surface area contributed by atoms with Gasteiger partial charge in [-0.05, 0) is 27.7 Å². The lowest BCUT2D eigenvalue weighted by atomic mass is 10.1. The van der Waals surface area contributed by atoms with Crippen molar-refractivity contribution in [3.05, 3.63) is 0 Å². The number of carbonyl (C=O) groups excluding carboxylic acids is 2. The molecule has 3 N–H and O–H groups in total. The van der Waals surface area contributed by atoms with E-state index in [4.69, 9.17) is 9.84 Å². The van der Waals surface area contributed by atoms with E-state index in [0.717, 1.165) is 0 Å². The van der Waals surface area contributed by atoms with Gasteiger partial charge in [0.05, 0.1) is 6.04 Å². The summed E-state index contributed by atoms with van der Waals surface area (Å²) in [7, 11) is 3.03. The van der Waals surface area contributed by atoms with Crippen LogP contribution in [0.15, 0.2) is 0 Å². The van der Waals surface area contributed by atoms with Gasteiger partial charge in [0.2, 0.25) is 5.91 Å². The average Bonchev–Trinajstić information content (AvgIpc) is 2.21. The predicted octanol–water partition coefficient (Wildman–Crippen LogP) is 0.624. The summed E-state index contributed by atoms with van der Waals surface area (Å²) in [6.45, 7) is 6.55. The maximum absolute atomic E-state index is 12.0. The van der Waals surface area contributed by atoms with E-state index in [9.17, 15) is 14.4 Å². The maximum Gasteiger partial charge on any atom is 0.408 e. The first kappa shape index (κ1) is 18.0. The minimum atomic E-state index is -1.28. The Balaban J connectivity index is 4.91. The van der Waals surface area contributed by atoms with E-state index in [2.05, 4.69) is 10.6 Å². The molecule has 0 saturated heterocycles. The van der Waals surface area contributed by atoms with Crippen LogP contribution in [-0.2, 0) is 9.53 Å². The minimum absolute atomic E-state index is 0.433. The molecule has 2 atom stereocenters. The van der Waals surface area contributed by atoms with Crippen molar-refractivity contribution in [1.82, 2.24) is 15.5 Å². The number of hydrogen-bond acceptors (Lipinski definition) is 4. The van der Waals surface area contributed by atoms with Crippen molar-refractivity contribution in [2.24, 2.45) is 0 Å². The molecule has 8 nitrogen and oxygen atoms in total. The zero-order valence-corrected chi connectivity index (χ0v) is 12.7. The molecule has 8 heteroatoms. The first-order valence-electron chi connectivity index (χ1n) is 6.14. The van der Waals surface area contributed by atoms with Crippen LogP contribution in [0, 0.1) is 0 Å². The van der Waals surface area contributed by atoms with E-state index >= 15 is 0 Å². The van der Waals surface area contributed by atoms with Crippen molar-refractivity contribution in [1.29, 1.82) is 0 Å². The normalized spacial score (nSPS) is 13.9. The lowest BCUT2D eigenvalue weighted by Gasteiger charge is -2.28. The first-order chi connectivity index (χ1) is 8.94. The van der Waals surface area contributed by atoms with Gasteiger partial charge in [-0.25, -0.2) is 9.59 Å². The number of carbonyl (C=O) groups is 3. The number of amides is 3. The number of ether oxygens (including phenoxy) is 1. The van der Waals surface area contributed by atoms with E-state index < -0.39 is 35.8 Å². The van der Waals surface area contributed by atoms with Crippen molar-refractivity contribution in [3.8, 4) is 0 Å². The molecule has 0 aromatic heterocycles.